The zero-order valence-electron chi connectivity index (χ0n) is 13.4. The third-order valence-electron chi connectivity index (χ3n) is 3.28. The summed E-state index contributed by atoms with van der Waals surface area (Å²) in [6, 6.07) is 9.70. The van der Waals surface area contributed by atoms with E-state index in [9.17, 15) is 0 Å². The van der Waals surface area contributed by atoms with Gasteiger partial charge >= 0.3 is 0 Å². The SMILES string of the molecule is Cc1cc(Br)cc(C)c1N.Cc1cc(C#N)cc(C)c1N.[B]. The van der Waals surface area contributed by atoms with Gasteiger partial charge in [-0.25, -0.2) is 0 Å². The molecule has 0 spiro atoms. The maximum atomic E-state index is 8.59. The van der Waals surface area contributed by atoms with Gasteiger partial charge in [-0.2, -0.15) is 5.26 Å². The number of hydrogen-bond donors (Lipinski definition) is 2. The Labute approximate surface area is 143 Å². The molecule has 0 atom stereocenters. The number of nitriles is 1. The van der Waals surface area contributed by atoms with E-state index in [2.05, 4.69) is 22.0 Å². The van der Waals surface area contributed by atoms with Crippen molar-refractivity contribution >= 4 is 35.7 Å². The van der Waals surface area contributed by atoms with Gasteiger partial charge in [-0.1, -0.05) is 15.9 Å². The van der Waals surface area contributed by atoms with Gasteiger partial charge < -0.3 is 11.5 Å². The Morgan fingerprint density at radius 2 is 1.14 bits per heavy atom. The molecule has 5 heteroatoms. The van der Waals surface area contributed by atoms with Crippen LogP contribution in [-0.4, -0.2) is 8.41 Å². The van der Waals surface area contributed by atoms with Crippen LogP contribution in [-0.2, 0) is 0 Å². The smallest absolute Gasteiger partial charge is 0.0991 e. The lowest BCUT2D eigenvalue weighted by atomic mass is 10.1. The Hall–Kier alpha value is -1.93. The highest BCUT2D eigenvalue weighted by Gasteiger charge is 1.99. The molecule has 0 aliphatic rings. The van der Waals surface area contributed by atoms with Crippen molar-refractivity contribution in [2.45, 2.75) is 27.7 Å². The quantitative estimate of drug-likeness (QED) is 0.552. The molecule has 3 nitrogen and oxygen atoms in total. The fourth-order valence-electron chi connectivity index (χ4n) is 1.96. The summed E-state index contributed by atoms with van der Waals surface area (Å²) in [5.74, 6) is 0. The van der Waals surface area contributed by atoms with Crippen molar-refractivity contribution in [2.24, 2.45) is 0 Å². The summed E-state index contributed by atoms with van der Waals surface area (Å²) in [6.07, 6.45) is 0. The first-order valence-electron chi connectivity index (χ1n) is 6.55. The first kappa shape index (κ1) is 20.1. The minimum atomic E-state index is 0. The number of benzene rings is 2. The Morgan fingerprint density at radius 1 is 0.818 bits per heavy atom. The van der Waals surface area contributed by atoms with E-state index < -0.39 is 0 Å². The molecule has 0 fully saturated rings. The monoisotopic (exact) mass is 356 g/mol. The van der Waals surface area contributed by atoms with Gasteiger partial charge in [0, 0.05) is 24.3 Å². The van der Waals surface area contributed by atoms with E-state index in [-0.39, 0.29) is 8.41 Å². The van der Waals surface area contributed by atoms with Crippen LogP contribution in [0.15, 0.2) is 28.7 Å². The van der Waals surface area contributed by atoms with Crippen LogP contribution in [0.3, 0.4) is 0 Å². The van der Waals surface area contributed by atoms with Crippen molar-refractivity contribution in [1.82, 2.24) is 0 Å². The Kier molecular flexibility index (Phi) is 7.76. The molecular weight excluding hydrogens is 337 g/mol. The van der Waals surface area contributed by atoms with Crippen LogP contribution in [0.5, 0.6) is 0 Å². The van der Waals surface area contributed by atoms with Gasteiger partial charge in [-0.15, -0.1) is 0 Å². The Balaban J connectivity index is 0.000000385. The molecule has 0 aromatic heterocycles. The highest BCUT2D eigenvalue weighted by molar-refractivity contribution is 9.10. The summed E-state index contributed by atoms with van der Waals surface area (Å²) in [6.45, 7) is 7.83. The van der Waals surface area contributed by atoms with Crippen LogP contribution in [0.2, 0.25) is 0 Å². The summed E-state index contributed by atoms with van der Waals surface area (Å²) in [4.78, 5) is 0. The van der Waals surface area contributed by atoms with Crippen LogP contribution >= 0.6 is 15.9 Å². The molecule has 0 bridgehead atoms. The molecule has 0 saturated carbocycles. The molecule has 0 unspecified atom stereocenters. The zero-order valence-corrected chi connectivity index (χ0v) is 15.0. The van der Waals surface area contributed by atoms with Gasteiger partial charge in [0.1, 0.15) is 0 Å². The van der Waals surface area contributed by atoms with Gasteiger partial charge in [0.25, 0.3) is 0 Å². The van der Waals surface area contributed by atoms with Crippen molar-refractivity contribution in [2.75, 3.05) is 11.5 Å². The largest absolute Gasteiger partial charge is 0.398 e. The van der Waals surface area contributed by atoms with Gasteiger partial charge in [-0.05, 0) is 74.2 Å². The third-order valence-corrected chi connectivity index (χ3v) is 3.74. The summed E-state index contributed by atoms with van der Waals surface area (Å²) in [5, 5.41) is 8.59. The number of halogens is 1. The predicted molar refractivity (Wildman–Crippen MR) is 98.8 cm³/mol. The van der Waals surface area contributed by atoms with Crippen LogP contribution in [0.25, 0.3) is 0 Å². The number of nitrogen functional groups attached to an aromatic ring is 2. The summed E-state index contributed by atoms with van der Waals surface area (Å²) < 4.78 is 1.09. The molecule has 0 aliphatic carbocycles. The molecule has 0 saturated heterocycles. The van der Waals surface area contributed by atoms with Crippen LogP contribution < -0.4 is 11.5 Å². The molecule has 2 aromatic carbocycles. The Morgan fingerprint density at radius 3 is 1.45 bits per heavy atom. The van der Waals surface area contributed by atoms with Crippen molar-refractivity contribution in [3.63, 3.8) is 0 Å². The van der Waals surface area contributed by atoms with E-state index in [1.165, 1.54) is 0 Å². The average molecular weight is 357 g/mol. The lowest BCUT2D eigenvalue weighted by molar-refractivity contribution is 1.36. The van der Waals surface area contributed by atoms with Crippen molar-refractivity contribution in [1.29, 1.82) is 5.26 Å². The van der Waals surface area contributed by atoms with Crippen molar-refractivity contribution in [3.8, 4) is 6.07 Å². The van der Waals surface area contributed by atoms with Crippen molar-refractivity contribution in [3.05, 3.63) is 56.6 Å². The molecule has 4 N–H and O–H groups in total. The first-order chi connectivity index (χ1) is 9.76. The number of hydrogen-bond acceptors (Lipinski definition) is 3. The second-order valence-corrected chi connectivity index (χ2v) is 6.00. The number of rotatable bonds is 0. The van der Waals surface area contributed by atoms with Gasteiger partial charge in [0.05, 0.1) is 11.6 Å². The second-order valence-electron chi connectivity index (χ2n) is 5.09. The van der Waals surface area contributed by atoms with Crippen LogP contribution in [0, 0.1) is 39.0 Å². The molecule has 2 aromatic rings. The van der Waals surface area contributed by atoms with Gasteiger partial charge in [0.2, 0.25) is 0 Å². The van der Waals surface area contributed by atoms with Gasteiger partial charge in [0.15, 0.2) is 0 Å². The molecule has 0 aliphatic heterocycles. The van der Waals surface area contributed by atoms with Crippen LogP contribution in [0.4, 0.5) is 11.4 Å². The summed E-state index contributed by atoms with van der Waals surface area (Å²) >= 11 is 3.39. The van der Waals surface area contributed by atoms with E-state index in [1.807, 2.05) is 39.8 Å². The number of nitrogens with two attached hydrogens (primary N) is 2. The lowest BCUT2D eigenvalue weighted by Crippen LogP contribution is -1.94. The van der Waals surface area contributed by atoms with E-state index in [0.717, 1.165) is 38.1 Å². The standard InChI is InChI=1S/C9H10N2.C8H10BrN.B/c1-6-3-8(5-10)4-7(2)9(6)11;1-5-3-7(9)4-6(2)8(5)10;/h3-4H,11H2,1-2H3;3-4H,10H2,1-2H3;. The van der Waals surface area contributed by atoms with E-state index in [0.29, 0.717) is 5.56 Å². The molecule has 3 radical (unpaired) electrons. The molecule has 113 valence electrons. The molecular formula is C17H20BBrN3. The minimum Gasteiger partial charge on any atom is -0.398 e. The average Bonchev–Trinajstić information content (AvgIpc) is 2.42. The zero-order chi connectivity index (χ0) is 16.2. The van der Waals surface area contributed by atoms with Crippen molar-refractivity contribution < 1.29 is 0 Å². The number of aryl methyl sites for hydroxylation is 4. The molecule has 22 heavy (non-hydrogen) atoms. The molecule has 0 heterocycles. The lowest BCUT2D eigenvalue weighted by Gasteiger charge is -2.03. The Bertz CT molecular complexity index is 660. The van der Waals surface area contributed by atoms with Crippen LogP contribution in [0.1, 0.15) is 27.8 Å². The van der Waals surface area contributed by atoms with Gasteiger partial charge in [-0.3, -0.25) is 0 Å². The fourth-order valence-corrected chi connectivity index (χ4v) is 2.65. The predicted octanol–water partition coefficient (Wildman–Crippen LogP) is 4.02. The first-order valence-corrected chi connectivity index (χ1v) is 7.34. The van der Waals surface area contributed by atoms with E-state index >= 15 is 0 Å². The molecule has 0 amide bonds. The second kappa shape index (κ2) is 8.50. The third kappa shape index (κ3) is 5.12. The number of anilines is 2. The highest BCUT2D eigenvalue weighted by Crippen LogP contribution is 2.21. The maximum Gasteiger partial charge on any atom is 0.0991 e. The molecule has 2 rings (SSSR count). The minimum absolute atomic E-state index is 0. The number of nitrogens with zero attached hydrogens (tertiary/aromatic N) is 1. The maximum absolute atomic E-state index is 8.59. The highest BCUT2D eigenvalue weighted by atomic mass is 79.9. The topological polar surface area (TPSA) is 75.8 Å². The summed E-state index contributed by atoms with van der Waals surface area (Å²) in [5.41, 5.74) is 18.0. The fraction of sp³-hybridized carbons (Fsp3) is 0.235. The van der Waals surface area contributed by atoms with E-state index in [4.69, 9.17) is 16.7 Å². The normalized spacial score (nSPS) is 9.09. The summed E-state index contributed by atoms with van der Waals surface area (Å²) in [7, 11) is 0. The van der Waals surface area contributed by atoms with E-state index in [1.54, 1.807) is 12.1 Å².